The van der Waals surface area contributed by atoms with Crippen LogP contribution in [0.1, 0.15) is 33.1 Å². The van der Waals surface area contributed by atoms with Crippen LogP contribution in [-0.4, -0.2) is 36.5 Å². The lowest BCUT2D eigenvalue weighted by molar-refractivity contribution is -0.119. The Morgan fingerprint density at radius 3 is 2.54 bits per heavy atom. The Labute approximate surface area is 80.5 Å². The summed E-state index contributed by atoms with van der Waals surface area (Å²) in [6.07, 6.45) is 3.99. The lowest BCUT2D eigenvalue weighted by Crippen LogP contribution is -2.42. The van der Waals surface area contributed by atoms with E-state index in [1.807, 2.05) is 0 Å². The average Bonchev–Trinajstić information content (AvgIpc) is 2.04. The maximum absolute atomic E-state index is 10.8. The highest BCUT2D eigenvalue weighted by atomic mass is 16.1. The van der Waals surface area contributed by atoms with E-state index in [9.17, 15) is 4.79 Å². The third-order valence-electron chi connectivity index (χ3n) is 2.43. The Kier molecular flexibility index (Phi) is 4.22. The molecule has 0 radical (unpaired) electrons. The highest BCUT2D eigenvalue weighted by molar-refractivity contribution is 5.73. The van der Waals surface area contributed by atoms with Gasteiger partial charge in [-0.25, -0.2) is 0 Å². The molecule has 1 unspecified atom stereocenters. The van der Waals surface area contributed by atoms with Gasteiger partial charge in [0.1, 0.15) is 0 Å². The number of nitrogens with zero attached hydrogens (tertiary/aromatic N) is 1. The molecule has 1 aliphatic heterocycles. The van der Waals surface area contributed by atoms with Crippen LogP contribution in [0.3, 0.4) is 0 Å². The molecule has 1 N–H and O–H groups in total. The first-order chi connectivity index (χ1) is 6.18. The van der Waals surface area contributed by atoms with E-state index in [0.717, 1.165) is 6.54 Å². The van der Waals surface area contributed by atoms with Crippen molar-refractivity contribution < 1.29 is 4.79 Å². The van der Waals surface area contributed by atoms with E-state index in [4.69, 9.17) is 0 Å². The molecule has 0 saturated carbocycles. The van der Waals surface area contributed by atoms with Crippen LogP contribution >= 0.6 is 0 Å². The SMILES string of the molecule is CC(=O)NC(C)CN1CCCCC1. The normalized spacial score (nSPS) is 21.1. The summed E-state index contributed by atoms with van der Waals surface area (Å²) >= 11 is 0. The second kappa shape index (κ2) is 5.22. The molecule has 1 rings (SSSR count). The van der Waals surface area contributed by atoms with Crippen molar-refractivity contribution >= 4 is 5.91 Å². The van der Waals surface area contributed by atoms with Crippen molar-refractivity contribution in [1.82, 2.24) is 10.2 Å². The fourth-order valence-corrected chi connectivity index (χ4v) is 1.92. The third-order valence-corrected chi connectivity index (χ3v) is 2.43. The van der Waals surface area contributed by atoms with Crippen LogP contribution in [0.15, 0.2) is 0 Å². The van der Waals surface area contributed by atoms with Crippen LogP contribution in [0.2, 0.25) is 0 Å². The number of piperidine rings is 1. The predicted octanol–water partition coefficient (Wildman–Crippen LogP) is 0.997. The first kappa shape index (κ1) is 10.5. The number of carbonyl (C=O) groups excluding carboxylic acids is 1. The lowest BCUT2D eigenvalue weighted by atomic mass is 10.1. The molecule has 3 nitrogen and oxygen atoms in total. The summed E-state index contributed by atoms with van der Waals surface area (Å²) in [5.74, 6) is 0.0736. The van der Waals surface area contributed by atoms with Gasteiger partial charge in [0.25, 0.3) is 0 Å². The van der Waals surface area contributed by atoms with Crippen molar-refractivity contribution in [3.63, 3.8) is 0 Å². The first-order valence-corrected chi connectivity index (χ1v) is 5.18. The van der Waals surface area contributed by atoms with Gasteiger partial charge in [-0.1, -0.05) is 6.42 Å². The maximum Gasteiger partial charge on any atom is 0.217 e. The molecule has 1 saturated heterocycles. The number of hydrogen-bond donors (Lipinski definition) is 1. The molecule has 76 valence electrons. The van der Waals surface area contributed by atoms with Gasteiger partial charge in [-0.05, 0) is 32.9 Å². The molecule has 1 aliphatic rings. The molecular weight excluding hydrogens is 164 g/mol. The summed E-state index contributed by atoms with van der Waals surface area (Å²) in [5.41, 5.74) is 0. The summed E-state index contributed by atoms with van der Waals surface area (Å²) in [7, 11) is 0. The monoisotopic (exact) mass is 184 g/mol. The second-order valence-electron chi connectivity index (χ2n) is 3.96. The van der Waals surface area contributed by atoms with E-state index in [-0.39, 0.29) is 11.9 Å². The van der Waals surface area contributed by atoms with Gasteiger partial charge in [0.2, 0.25) is 5.91 Å². The predicted molar refractivity (Wildman–Crippen MR) is 53.6 cm³/mol. The molecule has 0 spiro atoms. The Hall–Kier alpha value is -0.570. The molecule has 3 heteroatoms. The molecule has 0 aliphatic carbocycles. The van der Waals surface area contributed by atoms with Gasteiger partial charge in [0, 0.05) is 19.5 Å². The Bertz CT molecular complexity index is 164. The molecule has 1 atom stereocenters. The number of amides is 1. The number of carbonyl (C=O) groups is 1. The van der Waals surface area contributed by atoms with Crippen molar-refractivity contribution in [1.29, 1.82) is 0 Å². The smallest absolute Gasteiger partial charge is 0.217 e. The zero-order valence-electron chi connectivity index (χ0n) is 8.68. The van der Waals surface area contributed by atoms with Gasteiger partial charge in [0.05, 0.1) is 0 Å². The van der Waals surface area contributed by atoms with Crippen molar-refractivity contribution in [3.8, 4) is 0 Å². The van der Waals surface area contributed by atoms with Crippen LogP contribution in [0.25, 0.3) is 0 Å². The quantitative estimate of drug-likeness (QED) is 0.709. The summed E-state index contributed by atoms with van der Waals surface area (Å²) in [4.78, 5) is 13.2. The van der Waals surface area contributed by atoms with Gasteiger partial charge >= 0.3 is 0 Å². The standard InChI is InChI=1S/C10H20N2O/c1-9(11-10(2)13)8-12-6-4-3-5-7-12/h9H,3-8H2,1-2H3,(H,11,13). The van der Waals surface area contributed by atoms with Gasteiger partial charge in [-0.15, -0.1) is 0 Å². The molecule has 1 heterocycles. The van der Waals surface area contributed by atoms with Crippen molar-refractivity contribution in [3.05, 3.63) is 0 Å². The Morgan fingerprint density at radius 2 is 2.00 bits per heavy atom. The molecule has 0 aromatic carbocycles. The molecular formula is C10H20N2O. The number of likely N-dealkylation sites (tertiary alicyclic amines) is 1. The summed E-state index contributed by atoms with van der Waals surface area (Å²) < 4.78 is 0. The Balaban J connectivity index is 2.18. The fourth-order valence-electron chi connectivity index (χ4n) is 1.92. The summed E-state index contributed by atoms with van der Waals surface area (Å²) in [5, 5.41) is 2.91. The molecule has 1 fully saturated rings. The maximum atomic E-state index is 10.8. The fraction of sp³-hybridized carbons (Fsp3) is 0.900. The Morgan fingerprint density at radius 1 is 1.38 bits per heavy atom. The first-order valence-electron chi connectivity index (χ1n) is 5.18. The van der Waals surface area contributed by atoms with Crippen LogP contribution in [-0.2, 0) is 4.79 Å². The number of hydrogen-bond acceptors (Lipinski definition) is 2. The van der Waals surface area contributed by atoms with Gasteiger partial charge < -0.3 is 10.2 Å². The molecule has 0 bridgehead atoms. The number of rotatable bonds is 3. The zero-order valence-corrected chi connectivity index (χ0v) is 8.68. The van der Waals surface area contributed by atoms with E-state index in [0.29, 0.717) is 0 Å². The molecule has 0 aromatic heterocycles. The molecule has 13 heavy (non-hydrogen) atoms. The van der Waals surface area contributed by atoms with Crippen molar-refractivity contribution in [2.75, 3.05) is 19.6 Å². The van der Waals surface area contributed by atoms with Gasteiger partial charge in [0.15, 0.2) is 0 Å². The minimum absolute atomic E-state index is 0.0736. The van der Waals surface area contributed by atoms with E-state index in [1.54, 1.807) is 6.92 Å². The summed E-state index contributed by atoms with van der Waals surface area (Å²) in [6, 6.07) is 0.288. The molecule has 1 amide bonds. The molecule has 0 aromatic rings. The summed E-state index contributed by atoms with van der Waals surface area (Å²) in [6.45, 7) is 7.04. The minimum Gasteiger partial charge on any atom is -0.353 e. The average molecular weight is 184 g/mol. The van der Waals surface area contributed by atoms with Gasteiger partial charge in [-0.2, -0.15) is 0 Å². The topological polar surface area (TPSA) is 32.3 Å². The van der Waals surface area contributed by atoms with Crippen LogP contribution in [0.5, 0.6) is 0 Å². The number of nitrogens with one attached hydrogen (secondary N) is 1. The van der Waals surface area contributed by atoms with Crippen molar-refractivity contribution in [2.45, 2.75) is 39.2 Å². The van der Waals surface area contributed by atoms with Crippen LogP contribution in [0, 0.1) is 0 Å². The third kappa shape index (κ3) is 4.27. The van der Waals surface area contributed by atoms with E-state index >= 15 is 0 Å². The van der Waals surface area contributed by atoms with Crippen LogP contribution in [0.4, 0.5) is 0 Å². The van der Waals surface area contributed by atoms with Gasteiger partial charge in [-0.3, -0.25) is 4.79 Å². The highest BCUT2D eigenvalue weighted by Gasteiger charge is 2.13. The zero-order chi connectivity index (χ0) is 9.68. The highest BCUT2D eigenvalue weighted by Crippen LogP contribution is 2.08. The lowest BCUT2D eigenvalue weighted by Gasteiger charge is -2.29. The van der Waals surface area contributed by atoms with Crippen LogP contribution < -0.4 is 5.32 Å². The largest absolute Gasteiger partial charge is 0.353 e. The second-order valence-corrected chi connectivity index (χ2v) is 3.96. The minimum atomic E-state index is 0.0736. The van der Waals surface area contributed by atoms with E-state index < -0.39 is 0 Å². The van der Waals surface area contributed by atoms with E-state index in [1.165, 1.54) is 32.4 Å². The van der Waals surface area contributed by atoms with Crippen molar-refractivity contribution in [2.24, 2.45) is 0 Å². The van der Waals surface area contributed by atoms with E-state index in [2.05, 4.69) is 17.1 Å².